The minimum absolute atomic E-state index is 1.02. The first kappa shape index (κ1) is 21.9. The normalized spacial score (nSPS) is 14.1. The number of fused-ring (bicyclic) bond motifs is 4. The Balaban J connectivity index is 1.31. The number of nitrogens with zero attached hydrogens (tertiary/aromatic N) is 1. The van der Waals surface area contributed by atoms with Crippen LogP contribution in [0.5, 0.6) is 0 Å². The molecular weight excluding hydrogens is 482 g/mol. The van der Waals surface area contributed by atoms with Crippen molar-refractivity contribution in [2.75, 3.05) is 0 Å². The molecule has 0 N–H and O–H groups in total. The molecule has 1 aromatic heterocycles. The standard InChI is InChI=1S/C39H25N/c1-2-12-31-24(7-1)17-22-34-37(33-13-3-4-14-35(33)40-39(31)34)29-11-6-10-28(23-29)30-20-18-27-16-15-25-8-5-9-26-19-21-32(30)38(27)36(25)26/h1-5,7-9,11-23H,6,10H2. The van der Waals surface area contributed by atoms with Crippen LogP contribution in [0.3, 0.4) is 0 Å². The van der Waals surface area contributed by atoms with E-state index in [1.165, 1.54) is 76.1 Å². The number of benzene rings is 7. The monoisotopic (exact) mass is 507 g/mol. The number of allylic oxidation sites excluding steroid dienone is 4. The molecule has 7 aromatic carbocycles. The molecule has 1 aliphatic rings. The van der Waals surface area contributed by atoms with Crippen LogP contribution in [-0.2, 0) is 0 Å². The maximum Gasteiger partial charge on any atom is 0.0794 e. The SMILES string of the molecule is C1=C(c2c3ccccc3nc3c2ccc2ccccc23)C=C(c2ccc3ccc4cccc5ccc2c3c45)CC1. The topological polar surface area (TPSA) is 12.9 Å². The van der Waals surface area contributed by atoms with Crippen LogP contribution in [0.4, 0.5) is 0 Å². The molecule has 0 unspecified atom stereocenters. The molecule has 1 heterocycles. The van der Waals surface area contributed by atoms with Crippen molar-refractivity contribution in [3.05, 3.63) is 139 Å². The van der Waals surface area contributed by atoms with Crippen molar-refractivity contribution >= 4 is 76.0 Å². The molecule has 0 saturated carbocycles. The molecule has 0 radical (unpaired) electrons. The highest BCUT2D eigenvalue weighted by atomic mass is 14.7. The van der Waals surface area contributed by atoms with E-state index in [1.807, 2.05) is 0 Å². The average molecular weight is 508 g/mol. The second-order valence-corrected chi connectivity index (χ2v) is 11.0. The molecule has 0 spiro atoms. The van der Waals surface area contributed by atoms with Gasteiger partial charge in [0, 0.05) is 21.7 Å². The second-order valence-electron chi connectivity index (χ2n) is 11.0. The zero-order valence-electron chi connectivity index (χ0n) is 22.0. The first-order chi connectivity index (χ1) is 19.8. The van der Waals surface area contributed by atoms with E-state index in [0.29, 0.717) is 0 Å². The molecule has 0 saturated heterocycles. The summed E-state index contributed by atoms with van der Waals surface area (Å²) in [6.45, 7) is 0. The molecule has 0 atom stereocenters. The second kappa shape index (κ2) is 8.24. The molecule has 0 bridgehead atoms. The maximum absolute atomic E-state index is 5.18. The van der Waals surface area contributed by atoms with Crippen molar-refractivity contribution in [3.63, 3.8) is 0 Å². The number of pyridine rings is 1. The highest BCUT2D eigenvalue weighted by Crippen LogP contribution is 2.42. The fourth-order valence-corrected chi connectivity index (χ4v) is 7.04. The van der Waals surface area contributed by atoms with Crippen LogP contribution in [0.2, 0.25) is 0 Å². The van der Waals surface area contributed by atoms with Gasteiger partial charge in [-0.15, -0.1) is 0 Å². The van der Waals surface area contributed by atoms with Crippen LogP contribution >= 0.6 is 0 Å². The lowest BCUT2D eigenvalue weighted by molar-refractivity contribution is 1.06. The van der Waals surface area contributed by atoms with Crippen molar-refractivity contribution < 1.29 is 0 Å². The molecule has 0 aliphatic heterocycles. The number of hydrogen-bond donors (Lipinski definition) is 0. The smallest absolute Gasteiger partial charge is 0.0794 e. The van der Waals surface area contributed by atoms with Gasteiger partial charge in [-0.2, -0.15) is 0 Å². The van der Waals surface area contributed by atoms with Gasteiger partial charge in [0.05, 0.1) is 11.0 Å². The molecule has 1 nitrogen and oxygen atoms in total. The molecule has 0 fully saturated rings. The summed E-state index contributed by atoms with van der Waals surface area (Å²) in [5, 5.41) is 12.9. The molecule has 9 rings (SSSR count). The van der Waals surface area contributed by atoms with Crippen molar-refractivity contribution in [1.29, 1.82) is 0 Å². The van der Waals surface area contributed by atoms with Gasteiger partial charge in [-0.3, -0.25) is 0 Å². The summed E-state index contributed by atoms with van der Waals surface area (Å²) in [6, 6.07) is 42.2. The third-order valence-electron chi connectivity index (χ3n) is 8.85. The van der Waals surface area contributed by atoms with Gasteiger partial charge in [0.15, 0.2) is 0 Å². The largest absolute Gasteiger partial charge is 0.247 e. The minimum atomic E-state index is 1.02. The fraction of sp³-hybridized carbons (Fsp3) is 0.0513. The number of rotatable bonds is 2. The summed E-state index contributed by atoms with van der Waals surface area (Å²) in [7, 11) is 0. The predicted octanol–water partition coefficient (Wildman–Crippen LogP) is 10.7. The summed E-state index contributed by atoms with van der Waals surface area (Å²) in [5.74, 6) is 0. The lowest BCUT2D eigenvalue weighted by Gasteiger charge is -2.20. The van der Waals surface area contributed by atoms with E-state index in [2.05, 4.69) is 127 Å². The van der Waals surface area contributed by atoms with E-state index < -0.39 is 0 Å². The number of hydrogen-bond acceptors (Lipinski definition) is 1. The highest BCUT2D eigenvalue weighted by molar-refractivity contribution is 6.25. The van der Waals surface area contributed by atoms with E-state index in [1.54, 1.807) is 0 Å². The Morgan fingerprint density at radius 2 is 1.18 bits per heavy atom. The minimum Gasteiger partial charge on any atom is -0.247 e. The van der Waals surface area contributed by atoms with E-state index in [9.17, 15) is 0 Å². The average Bonchev–Trinajstić information content (AvgIpc) is 3.02. The zero-order chi connectivity index (χ0) is 26.2. The van der Waals surface area contributed by atoms with Gasteiger partial charge in [-0.1, -0.05) is 121 Å². The van der Waals surface area contributed by atoms with Crippen molar-refractivity contribution in [1.82, 2.24) is 4.98 Å². The first-order valence-electron chi connectivity index (χ1n) is 14.1. The van der Waals surface area contributed by atoms with Crippen LogP contribution < -0.4 is 0 Å². The van der Waals surface area contributed by atoms with Gasteiger partial charge in [-0.05, 0) is 73.3 Å². The Hall–Kier alpha value is -5.01. The van der Waals surface area contributed by atoms with Crippen LogP contribution in [-0.4, -0.2) is 4.98 Å². The van der Waals surface area contributed by atoms with Crippen LogP contribution in [0.1, 0.15) is 24.0 Å². The Bertz CT molecular complexity index is 2350. The van der Waals surface area contributed by atoms with Crippen LogP contribution in [0.15, 0.2) is 127 Å². The summed E-state index contributed by atoms with van der Waals surface area (Å²) < 4.78 is 0. The van der Waals surface area contributed by atoms with E-state index >= 15 is 0 Å². The maximum atomic E-state index is 5.18. The third-order valence-corrected chi connectivity index (χ3v) is 8.85. The molecule has 186 valence electrons. The quantitative estimate of drug-likeness (QED) is 0.167. The number of para-hydroxylation sites is 1. The van der Waals surface area contributed by atoms with E-state index in [4.69, 9.17) is 4.98 Å². The highest BCUT2D eigenvalue weighted by Gasteiger charge is 2.19. The molecular formula is C39H25N. The summed E-state index contributed by atoms with van der Waals surface area (Å²) in [4.78, 5) is 5.18. The van der Waals surface area contributed by atoms with Gasteiger partial charge in [-0.25, -0.2) is 4.98 Å². The summed E-state index contributed by atoms with van der Waals surface area (Å²) >= 11 is 0. The van der Waals surface area contributed by atoms with Crippen LogP contribution in [0, 0.1) is 0 Å². The van der Waals surface area contributed by atoms with Crippen molar-refractivity contribution in [3.8, 4) is 0 Å². The van der Waals surface area contributed by atoms with E-state index in [-0.39, 0.29) is 0 Å². The summed E-state index contributed by atoms with van der Waals surface area (Å²) in [6.07, 6.45) is 6.94. The molecule has 1 aliphatic carbocycles. The summed E-state index contributed by atoms with van der Waals surface area (Å²) in [5.41, 5.74) is 7.48. The molecule has 8 aromatic rings. The molecule has 0 amide bonds. The lowest BCUT2D eigenvalue weighted by atomic mass is 9.84. The van der Waals surface area contributed by atoms with E-state index in [0.717, 1.165) is 23.9 Å². The molecule has 40 heavy (non-hydrogen) atoms. The number of aromatic nitrogens is 1. The van der Waals surface area contributed by atoms with Gasteiger partial charge >= 0.3 is 0 Å². The Labute approximate surface area is 232 Å². The Morgan fingerprint density at radius 3 is 2.08 bits per heavy atom. The van der Waals surface area contributed by atoms with Crippen molar-refractivity contribution in [2.24, 2.45) is 0 Å². The van der Waals surface area contributed by atoms with Crippen LogP contribution in [0.25, 0.3) is 76.0 Å². The lowest BCUT2D eigenvalue weighted by Crippen LogP contribution is -1.98. The van der Waals surface area contributed by atoms with Gasteiger partial charge < -0.3 is 0 Å². The van der Waals surface area contributed by atoms with Gasteiger partial charge in [0.25, 0.3) is 0 Å². The molecule has 1 heteroatoms. The third kappa shape index (κ3) is 3.06. The van der Waals surface area contributed by atoms with Crippen molar-refractivity contribution in [2.45, 2.75) is 12.8 Å². The predicted molar refractivity (Wildman–Crippen MR) is 172 cm³/mol. The van der Waals surface area contributed by atoms with Gasteiger partial charge in [0.2, 0.25) is 0 Å². The fourth-order valence-electron chi connectivity index (χ4n) is 7.04. The zero-order valence-corrected chi connectivity index (χ0v) is 22.0. The Morgan fingerprint density at radius 1 is 0.500 bits per heavy atom. The van der Waals surface area contributed by atoms with Gasteiger partial charge in [0.1, 0.15) is 0 Å². The first-order valence-corrected chi connectivity index (χ1v) is 14.1. The Kier molecular flexibility index (Phi) is 4.51.